The number of nitrogens with one attached hydrogen (secondary N) is 2. The van der Waals surface area contributed by atoms with E-state index in [-0.39, 0.29) is 16.1 Å². The van der Waals surface area contributed by atoms with Gasteiger partial charge in [-0.25, -0.2) is 4.39 Å². The Balaban J connectivity index is 1.95. The number of aromatic amines is 1. The van der Waals surface area contributed by atoms with Crippen LogP contribution in [-0.4, -0.2) is 22.6 Å². The van der Waals surface area contributed by atoms with Crippen LogP contribution in [0.2, 0.25) is 0 Å². The topological polar surface area (TPSA) is 76.1 Å². The minimum Gasteiger partial charge on any atom is -0.494 e. The molecule has 0 radical (unpaired) electrons. The molecule has 0 unspecified atom stereocenters. The zero-order valence-corrected chi connectivity index (χ0v) is 14.2. The van der Waals surface area contributed by atoms with E-state index in [0.29, 0.717) is 22.2 Å². The summed E-state index contributed by atoms with van der Waals surface area (Å²) in [5, 5.41) is 3.02. The van der Waals surface area contributed by atoms with Gasteiger partial charge in [0, 0.05) is 24.4 Å². The van der Waals surface area contributed by atoms with Gasteiger partial charge in [0.2, 0.25) is 0 Å². The second-order valence-electron chi connectivity index (χ2n) is 5.36. The van der Waals surface area contributed by atoms with Crippen molar-refractivity contribution in [3.8, 4) is 5.75 Å². The molecule has 1 amide bonds. The van der Waals surface area contributed by atoms with Crippen LogP contribution < -0.4 is 15.6 Å². The number of carbonyl (C=O) groups is 1. The van der Waals surface area contributed by atoms with E-state index in [9.17, 15) is 14.0 Å². The Labute approximate surface area is 146 Å². The van der Waals surface area contributed by atoms with Crippen LogP contribution in [0.1, 0.15) is 10.4 Å². The summed E-state index contributed by atoms with van der Waals surface area (Å²) in [6.07, 6.45) is 0. The van der Waals surface area contributed by atoms with E-state index in [1.54, 1.807) is 13.1 Å². The highest BCUT2D eigenvalue weighted by Crippen LogP contribution is 2.21. The Morgan fingerprint density at radius 2 is 2.04 bits per heavy atom. The van der Waals surface area contributed by atoms with Gasteiger partial charge in [0.25, 0.3) is 11.5 Å². The van der Waals surface area contributed by atoms with Crippen LogP contribution in [0.15, 0.2) is 41.2 Å². The van der Waals surface area contributed by atoms with E-state index in [0.717, 1.165) is 0 Å². The summed E-state index contributed by atoms with van der Waals surface area (Å²) >= 11 is 5.07. The van der Waals surface area contributed by atoms with Crippen molar-refractivity contribution in [2.45, 2.75) is 0 Å². The lowest BCUT2D eigenvalue weighted by molar-refractivity contribution is 0.102. The Hall–Kier alpha value is -3.00. The summed E-state index contributed by atoms with van der Waals surface area (Å²) in [7, 11) is 2.93. The number of nitrogens with zero attached hydrogens (tertiary/aromatic N) is 1. The minimum atomic E-state index is -0.577. The largest absolute Gasteiger partial charge is 0.494 e. The molecule has 25 heavy (non-hydrogen) atoms. The molecule has 1 aromatic heterocycles. The van der Waals surface area contributed by atoms with Crippen LogP contribution in [0.3, 0.4) is 0 Å². The van der Waals surface area contributed by atoms with Gasteiger partial charge < -0.3 is 15.0 Å². The van der Waals surface area contributed by atoms with E-state index in [4.69, 9.17) is 17.0 Å². The van der Waals surface area contributed by atoms with Crippen molar-refractivity contribution >= 4 is 34.7 Å². The molecule has 0 spiro atoms. The Bertz CT molecular complexity index is 1100. The predicted octanol–water partition coefficient (Wildman–Crippen LogP) is 3.00. The van der Waals surface area contributed by atoms with Gasteiger partial charge in [-0.2, -0.15) is 0 Å². The molecule has 0 saturated heterocycles. The molecule has 2 N–H and O–H groups in total. The highest BCUT2D eigenvalue weighted by atomic mass is 32.1. The van der Waals surface area contributed by atoms with Gasteiger partial charge in [-0.15, -0.1) is 0 Å². The molecule has 1 heterocycles. The zero-order valence-electron chi connectivity index (χ0n) is 13.4. The number of rotatable bonds is 3. The number of amides is 1. The molecular weight excluding hydrogens is 345 g/mol. The lowest BCUT2D eigenvalue weighted by Gasteiger charge is -2.08. The van der Waals surface area contributed by atoms with Crippen molar-refractivity contribution < 1.29 is 13.9 Å². The molecule has 3 rings (SSSR count). The molecule has 6 nitrogen and oxygen atoms in total. The molecule has 128 valence electrons. The lowest BCUT2D eigenvalue weighted by atomic mass is 10.1. The Morgan fingerprint density at radius 1 is 1.28 bits per heavy atom. The second-order valence-corrected chi connectivity index (χ2v) is 5.74. The SMILES string of the molecule is COc1ccc(NC(=O)c2ccc3c(=O)n(C)c(=S)[nH]c3c2)cc1F. The third-order valence-electron chi connectivity index (χ3n) is 3.77. The first kappa shape index (κ1) is 16.8. The molecule has 0 aliphatic rings. The van der Waals surface area contributed by atoms with Crippen LogP contribution in [0.4, 0.5) is 10.1 Å². The summed E-state index contributed by atoms with van der Waals surface area (Å²) < 4.78 is 20.1. The van der Waals surface area contributed by atoms with E-state index in [1.807, 2.05) is 0 Å². The maximum atomic E-state index is 13.7. The monoisotopic (exact) mass is 359 g/mol. The summed E-state index contributed by atoms with van der Waals surface area (Å²) in [6.45, 7) is 0. The van der Waals surface area contributed by atoms with Crippen molar-refractivity contribution in [3.63, 3.8) is 0 Å². The molecule has 3 aromatic rings. The number of anilines is 1. The van der Waals surface area contributed by atoms with Crippen molar-refractivity contribution in [3.05, 3.63) is 62.9 Å². The maximum Gasteiger partial charge on any atom is 0.261 e. The quantitative estimate of drug-likeness (QED) is 0.705. The van der Waals surface area contributed by atoms with Crippen molar-refractivity contribution in [2.75, 3.05) is 12.4 Å². The number of benzene rings is 2. The van der Waals surface area contributed by atoms with Gasteiger partial charge in [0.15, 0.2) is 16.3 Å². The number of carbonyl (C=O) groups excluding carboxylic acids is 1. The Kier molecular flexibility index (Phi) is 4.37. The highest BCUT2D eigenvalue weighted by Gasteiger charge is 2.11. The van der Waals surface area contributed by atoms with Gasteiger partial charge in [0.05, 0.1) is 18.0 Å². The molecule has 0 saturated carbocycles. The van der Waals surface area contributed by atoms with E-state index >= 15 is 0 Å². The van der Waals surface area contributed by atoms with Crippen LogP contribution in [0, 0.1) is 10.6 Å². The summed E-state index contributed by atoms with van der Waals surface area (Å²) in [5.41, 5.74) is 0.813. The third-order valence-corrected chi connectivity index (χ3v) is 4.15. The number of fused-ring (bicyclic) bond motifs is 1. The standard InChI is InChI=1S/C17H14FN3O3S/c1-21-16(23)11-5-3-9(7-13(11)20-17(21)25)15(22)19-10-4-6-14(24-2)12(18)8-10/h3-8H,1-2H3,(H,19,22)(H,20,25). The molecule has 0 aliphatic heterocycles. The highest BCUT2D eigenvalue weighted by molar-refractivity contribution is 7.71. The van der Waals surface area contributed by atoms with Crippen LogP contribution in [0.5, 0.6) is 5.75 Å². The Morgan fingerprint density at radius 3 is 2.72 bits per heavy atom. The molecule has 8 heteroatoms. The third kappa shape index (κ3) is 3.16. The summed E-state index contributed by atoms with van der Waals surface area (Å²) in [4.78, 5) is 27.4. The first-order chi connectivity index (χ1) is 11.9. The molecular formula is C17H14FN3O3S. The zero-order chi connectivity index (χ0) is 18.1. The number of ether oxygens (including phenoxy) is 1. The summed E-state index contributed by atoms with van der Waals surface area (Å²) in [5.74, 6) is -0.926. The van der Waals surface area contributed by atoms with E-state index < -0.39 is 11.7 Å². The number of H-pyrrole nitrogens is 1. The van der Waals surface area contributed by atoms with Crippen LogP contribution in [0.25, 0.3) is 10.9 Å². The number of aromatic nitrogens is 2. The average Bonchev–Trinajstić information content (AvgIpc) is 2.59. The lowest BCUT2D eigenvalue weighted by Crippen LogP contribution is -2.19. The molecule has 0 bridgehead atoms. The number of hydrogen-bond acceptors (Lipinski definition) is 4. The fourth-order valence-electron chi connectivity index (χ4n) is 2.39. The second kappa shape index (κ2) is 6.48. The maximum absolute atomic E-state index is 13.7. The molecule has 2 aromatic carbocycles. The first-order valence-electron chi connectivity index (χ1n) is 7.28. The predicted molar refractivity (Wildman–Crippen MR) is 95.3 cm³/mol. The number of methoxy groups -OCH3 is 1. The average molecular weight is 359 g/mol. The number of halogens is 1. The van der Waals surface area contributed by atoms with E-state index in [2.05, 4.69) is 10.3 Å². The van der Waals surface area contributed by atoms with Crippen molar-refractivity contribution in [1.29, 1.82) is 0 Å². The molecule has 0 atom stereocenters. The van der Waals surface area contributed by atoms with Crippen molar-refractivity contribution in [1.82, 2.24) is 9.55 Å². The van der Waals surface area contributed by atoms with Gasteiger partial charge in [-0.3, -0.25) is 14.2 Å². The van der Waals surface area contributed by atoms with Crippen LogP contribution >= 0.6 is 12.2 Å². The molecule has 0 aliphatic carbocycles. The smallest absolute Gasteiger partial charge is 0.261 e. The molecule has 0 fully saturated rings. The van der Waals surface area contributed by atoms with Gasteiger partial charge in [-0.1, -0.05) is 0 Å². The van der Waals surface area contributed by atoms with Gasteiger partial charge >= 0.3 is 0 Å². The minimum absolute atomic E-state index is 0.0899. The van der Waals surface area contributed by atoms with Crippen LogP contribution in [-0.2, 0) is 7.05 Å². The van der Waals surface area contributed by atoms with Gasteiger partial charge in [-0.05, 0) is 42.5 Å². The van der Waals surface area contributed by atoms with Gasteiger partial charge in [0.1, 0.15) is 0 Å². The normalized spacial score (nSPS) is 10.7. The first-order valence-corrected chi connectivity index (χ1v) is 7.69. The fourth-order valence-corrected chi connectivity index (χ4v) is 2.59. The summed E-state index contributed by atoms with van der Waals surface area (Å²) in [6, 6.07) is 8.72. The fraction of sp³-hybridized carbons (Fsp3) is 0.118. The van der Waals surface area contributed by atoms with E-state index in [1.165, 1.54) is 42.0 Å². The number of hydrogen-bond donors (Lipinski definition) is 2. The van der Waals surface area contributed by atoms with Crippen molar-refractivity contribution in [2.24, 2.45) is 7.05 Å².